The molecule has 32 heavy (non-hydrogen) atoms. The molecule has 0 radical (unpaired) electrons. The van der Waals surface area contributed by atoms with E-state index in [1.807, 2.05) is 29.2 Å². The van der Waals surface area contributed by atoms with Crippen molar-refractivity contribution in [3.8, 4) is 11.5 Å². The number of ether oxygens (including phenoxy) is 2. The van der Waals surface area contributed by atoms with Crippen molar-refractivity contribution >= 4 is 17.6 Å². The molecule has 170 valence electrons. The number of hydrogen-bond donors (Lipinski definition) is 0. The summed E-state index contributed by atoms with van der Waals surface area (Å²) >= 11 is 0. The highest BCUT2D eigenvalue weighted by atomic mass is 16.5. The number of methoxy groups -OCH3 is 2. The van der Waals surface area contributed by atoms with E-state index >= 15 is 0 Å². The Balaban J connectivity index is 1.29. The van der Waals surface area contributed by atoms with E-state index in [1.54, 1.807) is 36.2 Å². The molecule has 2 heterocycles. The van der Waals surface area contributed by atoms with Crippen LogP contribution >= 0.6 is 0 Å². The van der Waals surface area contributed by atoms with Crippen LogP contribution in [0.3, 0.4) is 0 Å². The maximum Gasteiger partial charge on any atom is 0.325 e. The summed E-state index contributed by atoms with van der Waals surface area (Å²) in [6.07, 6.45) is 0. The zero-order valence-corrected chi connectivity index (χ0v) is 18.7. The minimum absolute atomic E-state index is 0.00636. The molecular formula is C24H30N4O4. The van der Waals surface area contributed by atoms with E-state index in [0.29, 0.717) is 37.7 Å². The molecule has 2 aliphatic rings. The number of anilines is 1. The molecule has 0 atom stereocenters. The van der Waals surface area contributed by atoms with E-state index in [0.717, 1.165) is 25.3 Å². The molecule has 4 rings (SSSR count). The first kappa shape index (κ1) is 22.0. The molecule has 2 aromatic rings. The third-order valence-electron chi connectivity index (χ3n) is 6.07. The van der Waals surface area contributed by atoms with E-state index in [4.69, 9.17) is 9.47 Å². The Morgan fingerprint density at radius 1 is 0.875 bits per heavy atom. The highest BCUT2D eigenvalue weighted by molar-refractivity contribution is 5.96. The van der Waals surface area contributed by atoms with Crippen LogP contribution in [-0.2, 0) is 11.3 Å². The summed E-state index contributed by atoms with van der Waals surface area (Å²) < 4.78 is 10.6. The largest absolute Gasteiger partial charge is 0.493 e. The molecule has 3 amide bonds. The fraction of sp³-hybridized carbons (Fsp3) is 0.417. The summed E-state index contributed by atoms with van der Waals surface area (Å²) in [6, 6.07) is 15.6. The van der Waals surface area contributed by atoms with E-state index in [2.05, 4.69) is 17.0 Å². The van der Waals surface area contributed by atoms with Crippen molar-refractivity contribution in [2.24, 2.45) is 0 Å². The van der Waals surface area contributed by atoms with Gasteiger partial charge in [-0.2, -0.15) is 0 Å². The summed E-state index contributed by atoms with van der Waals surface area (Å²) in [5, 5.41) is 0. The molecule has 2 saturated heterocycles. The molecule has 0 saturated carbocycles. The van der Waals surface area contributed by atoms with Crippen LogP contribution in [0.4, 0.5) is 10.5 Å². The van der Waals surface area contributed by atoms with Crippen LogP contribution in [0.1, 0.15) is 5.56 Å². The van der Waals surface area contributed by atoms with Gasteiger partial charge in [0.25, 0.3) is 0 Å². The van der Waals surface area contributed by atoms with Gasteiger partial charge in [0.05, 0.1) is 14.2 Å². The smallest absolute Gasteiger partial charge is 0.325 e. The molecule has 2 fully saturated rings. The molecule has 0 bridgehead atoms. The summed E-state index contributed by atoms with van der Waals surface area (Å²) in [5.74, 6) is 1.19. The number of nitrogens with zero attached hydrogens (tertiary/aromatic N) is 4. The lowest BCUT2D eigenvalue weighted by atomic mass is 10.2. The van der Waals surface area contributed by atoms with Gasteiger partial charge in [0, 0.05) is 57.6 Å². The van der Waals surface area contributed by atoms with Gasteiger partial charge >= 0.3 is 6.03 Å². The van der Waals surface area contributed by atoms with Crippen molar-refractivity contribution in [2.75, 3.05) is 64.9 Å². The van der Waals surface area contributed by atoms with Crippen molar-refractivity contribution < 1.29 is 19.1 Å². The van der Waals surface area contributed by atoms with Gasteiger partial charge in [0.1, 0.15) is 6.54 Å². The molecule has 0 N–H and O–H groups in total. The average Bonchev–Trinajstić information content (AvgIpc) is 3.19. The van der Waals surface area contributed by atoms with Crippen LogP contribution in [-0.4, -0.2) is 86.7 Å². The van der Waals surface area contributed by atoms with E-state index in [1.165, 1.54) is 5.56 Å². The van der Waals surface area contributed by atoms with Gasteiger partial charge in [-0.1, -0.05) is 30.3 Å². The third kappa shape index (κ3) is 4.80. The molecule has 0 aromatic heterocycles. The maximum absolute atomic E-state index is 12.9. The highest BCUT2D eigenvalue weighted by Crippen LogP contribution is 2.32. The second-order valence-electron chi connectivity index (χ2n) is 8.04. The lowest BCUT2D eigenvalue weighted by molar-refractivity contribution is -0.133. The molecule has 2 aliphatic heterocycles. The Morgan fingerprint density at radius 3 is 2.28 bits per heavy atom. The second kappa shape index (κ2) is 9.91. The van der Waals surface area contributed by atoms with Crippen molar-refractivity contribution in [1.82, 2.24) is 14.7 Å². The second-order valence-corrected chi connectivity index (χ2v) is 8.04. The molecule has 8 nitrogen and oxygen atoms in total. The third-order valence-corrected chi connectivity index (χ3v) is 6.07. The number of piperazine rings is 1. The van der Waals surface area contributed by atoms with Crippen LogP contribution in [0.5, 0.6) is 11.5 Å². The average molecular weight is 439 g/mol. The lowest BCUT2D eigenvalue weighted by Crippen LogP contribution is -2.51. The lowest BCUT2D eigenvalue weighted by Gasteiger charge is -2.35. The summed E-state index contributed by atoms with van der Waals surface area (Å²) in [5.41, 5.74) is 2.02. The predicted molar refractivity (Wildman–Crippen MR) is 122 cm³/mol. The van der Waals surface area contributed by atoms with Crippen LogP contribution in [0, 0.1) is 0 Å². The first-order chi connectivity index (χ1) is 15.6. The summed E-state index contributed by atoms with van der Waals surface area (Å²) in [4.78, 5) is 33.3. The van der Waals surface area contributed by atoms with E-state index in [-0.39, 0.29) is 18.5 Å². The van der Waals surface area contributed by atoms with Gasteiger partial charge in [0.15, 0.2) is 11.5 Å². The Morgan fingerprint density at radius 2 is 1.59 bits per heavy atom. The van der Waals surface area contributed by atoms with Crippen molar-refractivity contribution in [2.45, 2.75) is 6.54 Å². The van der Waals surface area contributed by atoms with Crippen LogP contribution in [0.2, 0.25) is 0 Å². The van der Waals surface area contributed by atoms with E-state index in [9.17, 15) is 9.59 Å². The topological polar surface area (TPSA) is 65.6 Å². The number of amides is 3. The molecular weight excluding hydrogens is 408 g/mol. The highest BCUT2D eigenvalue weighted by Gasteiger charge is 2.33. The number of carbonyl (C=O) groups excluding carboxylic acids is 2. The summed E-state index contributed by atoms with van der Waals surface area (Å²) in [6.45, 7) is 5.12. The van der Waals surface area contributed by atoms with Gasteiger partial charge in [-0.05, 0) is 17.7 Å². The number of urea groups is 1. The van der Waals surface area contributed by atoms with Crippen LogP contribution in [0.25, 0.3) is 0 Å². The standard InChI is InChI=1S/C24H30N4O4/c1-31-21-9-8-20(16-22(21)32-2)28-15-14-27(24(28)30)18-23(29)26-12-10-25(11-13-26)17-19-6-4-3-5-7-19/h3-9,16H,10-15,17-18H2,1-2H3. The zero-order chi connectivity index (χ0) is 22.5. The first-order valence-electron chi connectivity index (χ1n) is 10.9. The number of benzene rings is 2. The van der Waals surface area contributed by atoms with Gasteiger partial charge in [-0.25, -0.2) is 4.79 Å². The molecule has 0 aliphatic carbocycles. The zero-order valence-electron chi connectivity index (χ0n) is 18.7. The Kier molecular flexibility index (Phi) is 6.80. The van der Waals surface area contributed by atoms with Crippen molar-refractivity contribution in [3.63, 3.8) is 0 Å². The van der Waals surface area contributed by atoms with Crippen LogP contribution < -0.4 is 14.4 Å². The quantitative estimate of drug-likeness (QED) is 0.664. The van der Waals surface area contributed by atoms with Gasteiger partial charge in [-0.15, -0.1) is 0 Å². The number of rotatable bonds is 7. The monoisotopic (exact) mass is 438 g/mol. The molecule has 8 heteroatoms. The summed E-state index contributed by atoms with van der Waals surface area (Å²) in [7, 11) is 3.14. The van der Waals surface area contributed by atoms with Gasteiger partial charge < -0.3 is 19.3 Å². The minimum Gasteiger partial charge on any atom is -0.493 e. The minimum atomic E-state index is -0.159. The molecule has 0 unspecified atom stereocenters. The van der Waals surface area contributed by atoms with Crippen molar-refractivity contribution in [1.29, 1.82) is 0 Å². The Labute approximate surface area is 188 Å². The fourth-order valence-electron chi connectivity index (χ4n) is 4.22. The number of hydrogen-bond acceptors (Lipinski definition) is 5. The normalized spacial score (nSPS) is 17.1. The Bertz CT molecular complexity index is 944. The fourth-order valence-corrected chi connectivity index (χ4v) is 4.22. The Hall–Kier alpha value is -3.26. The van der Waals surface area contributed by atoms with E-state index < -0.39 is 0 Å². The van der Waals surface area contributed by atoms with Crippen molar-refractivity contribution in [3.05, 3.63) is 54.1 Å². The molecule has 0 spiro atoms. The van der Waals surface area contributed by atoms with Gasteiger partial charge in [0.2, 0.25) is 5.91 Å². The number of carbonyl (C=O) groups is 2. The SMILES string of the molecule is COc1ccc(N2CCN(CC(=O)N3CCN(Cc4ccccc4)CC3)C2=O)cc1OC. The van der Waals surface area contributed by atoms with Crippen LogP contribution in [0.15, 0.2) is 48.5 Å². The predicted octanol–water partition coefficient (Wildman–Crippen LogP) is 2.29. The maximum atomic E-state index is 12.9. The van der Waals surface area contributed by atoms with Gasteiger partial charge in [-0.3, -0.25) is 14.6 Å². The molecule has 2 aromatic carbocycles. The first-order valence-corrected chi connectivity index (χ1v) is 10.9.